The number of hydrogen-bond acceptors (Lipinski definition) is 4. The average molecular weight is 301 g/mol. The Balaban J connectivity index is 2.40. The van der Waals surface area contributed by atoms with E-state index in [1.54, 1.807) is 6.92 Å². The van der Waals surface area contributed by atoms with Gasteiger partial charge in [-0.1, -0.05) is 30.3 Å². The van der Waals surface area contributed by atoms with Crippen LogP contribution >= 0.6 is 7.37 Å². The molecule has 0 aromatic heterocycles. The SMILES string of the molecule is CCOC(O)CCC(N)P(=O)(O)CCc1ccccc1. The molecule has 6 heteroatoms. The standard InChI is InChI=1S/C14H24NO4P/c1-2-19-14(16)9-8-13(15)20(17,18)11-10-12-6-4-3-5-7-12/h3-7,13-14,16H,2,8-11,15H2,1H3,(H,17,18). The van der Waals surface area contributed by atoms with Crippen LogP contribution in [0.4, 0.5) is 0 Å². The fraction of sp³-hybridized carbons (Fsp3) is 0.571. The molecule has 114 valence electrons. The van der Waals surface area contributed by atoms with Crippen molar-refractivity contribution in [3.05, 3.63) is 35.9 Å². The topological polar surface area (TPSA) is 92.8 Å². The summed E-state index contributed by atoms with van der Waals surface area (Å²) in [7, 11) is -3.41. The van der Waals surface area contributed by atoms with Crippen molar-refractivity contribution in [3.8, 4) is 0 Å². The Bertz CT molecular complexity index is 426. The van der Waals surface area contributed by atoms with Gasteiger partial charge < -0.3 is 20.5 Å². The van der Waals surface area contributed by atoms with E-state index < -0.39 is 19.4 Å². The van der Waals surface area contributed by atoms with Crippen molar-refractivity contribution in [2.75, 3.05) is 12.8 Å². The maximum Gasteiger partial charge on any atom is 0.217 e. The molecule has 0 bridgehead atoms. The Hall–Kier alpha value is -0.710. The molecule has 0 heterocycles. The van der Waals surface area contributed by atoms with Crippen molar-refractivity contribution in [1.82, 2.24) is 0 Å². The first kappa shape index (κ1) is 17.3. The molecule has 20 heavy (non-hydrogen) atoms. The molecule has 0 aliphatic carbocycles. The number of hydrogen-bond donors (Lipinski definition) is 3. The molecule has 1 aromatic carbocycles. The first-order valence-electron chi connectivity index (χ1n) is 6.86. The predicted octanol–water partition coefficient (Wildman–Crippen LogP) is 1.92. The highest BCUT2D eigenvalue weighted by molar-refractivity contribution is 7.58. The van der Waals surface area contributed by atoms with E-state index in [-0.39, 0.29) is 19.0 Å². The van der Waals surface area contributed by atoms with Crippen LogP contribution < -0.4 is 5.73 Å². The van der Waals surface area contributed by atoms with E-state index in [1.165, 1.54) is 0 Å². The number of rotatable bonds is 9. The fourth-order valence-corrected chi connectivity index (χ4v) is 3.35. The van der Waals surface area contributed by atoms with Gasteiger partial charge in [-0.15, -0.1) is 0 Å². The number of nitrogens with two attached hydrogens (primary N) is 1. The number of ether oxygens (including phenoxy) is 1. The van der Waals surface area contributed by atoms with Gasteiger partial charge in [-0.05, 0) is 25.3 Å². The lowest BCUT2D eigenvalue weighted by atomic mass is 10.2. The zero-order valence-electron chi connectivity index (χ0n) is 11.8. The maximum absolute atomic E-state index is 12.2. The molecule has 4 N–H and O–H groups in total. The van der Waals surface area contributed by atoms with Gasteiger partial charge in [0.05, 0.1) is 5.78 Å². The zero-order valence-corrected chi connectivity index (χ0v) is 12.7. The van der Waals surface area contributed by atoms with Crippen LogP contribution in [0.3, 0.4) is 0 Å². The van der Waals surface area contributed by atoms with Gasteiger partial charge in [0.25, 0.3) is 0 Å². The molecule has 1 rings (SSSR count). The fourth-order valence-electron chi connectivity index (χ4n) is 1.89. The summed E-state index contributed by atoms with van der Waals surface area (Å²) in [6.45, 7) is 2.18. The quantitative estimate of drug-likeness (QED) is 0.478. The summed E-state index contributed by atoms with van der Waals surface area (Å²) in [6.07, 6.45) is 0.300. The molecule has 3 unspecified atom stereocenters. The van der Waals surface area contributed by atoms with Crippen LogP contribution in [0.15, 0.2) is 30.3 Å². The molecule has 3 atom stereocenters. The number of benzene rings is 1. The van der Waals surface area contributed by atoms with Crippen LogP contribution in [0.2, 0.25) is 0 Å². The van der Waals surface area contributed by atoms with Crippen molar-refractivity contribution >= 4 is 7.37 Å². The average Bonchev–Trinajstić information content (AvgIpc) is 2.44. The van der Waals surface area contributed by atoms with Gasteiger partial charge in [0.15, 0.2) is 6.29 Å². The van der Waals surface area contributed by atoms with E-state index in [0.29, 0.717) is 13.0 Å². The summed E-state index contributed by atoms with van der Waals surface area (Å²) in [4.78, 5) is 10.00. The van der Waals surface area contributed by atoms with E-state index in [2.05, 4.69) is 0 Å². The minimum atomic E-state index is -3.41. The Morgan fingerprint density at radius 1 is 1.30 bits per heavy atom. The Kier molecular flexibility index (Phi) is 7.41. The van der Waals surface area contributed by atoms with Gasteiger partial charge in [0.1, 0.15) is 0 Å². The first-order chi connectivity index (χ1) is 9.45. The van der Waals surface area contributed by atoms with Crippen molar-refractivity contribution in [2.24, 2.45) is 5.73 Å². The van der Waals surface area contributed by atoms with Crippen LogP contribution in [0, 0.1) is 0 Å². The molecule has 0 aliphatic heterocycles. The van der Waals surface area contributed by atoms with E-state index in [4.69, 9.17) is 10.5 Å². The minimum absolute atomic E-state index is 0.156. The highest BCUT2D eigenvalue weighted by Crippen LogP contribution is 2.46. The van der Waals surface area contributed by atoms with Gasteiger partial charge in [-0.3, -0.25) is 4.57 Å². The van der Waals surface area contributed by atoms with E-state index in [1.807, 2.05) is 30.3 Å². The van der Waals surface area contributed by atoms with Crippen molar-refractivity contribution in [1.29, 1.82) is 0 Å². The molecule has 0 aliphatic rings. The molecule has 0 saturated heterocycles. The lowest BCUT2D eigenvalue weighted by Gasteiger charge is -2.20. The third kappa shape index (κ3) is 6.16. The second-order valence-corrected chi connectivity index (χ2v) is 7.39. The van der Waals surface area contributed by atoms with Gasteiger partial charge in [0, 0.05) is 19.2 Å². The zero-order chi connectivity index (χ0) is 15.0. The maximum atomic E-state index is 12.2. The molecule has 0 saturated carbocycles. The smallest absolute Gasteiger partial charge is 0.217 e. The van der Waals surface area contributed by atoms with Crippen molar-refractivity contribution in [3.63, 3.8) is 0 Å². The number of aliphatic hydroxyl groups is 1. The summed E-state index contributed by atoms with van der Waals surface area (Å²) in [5, 5.41) is 9.42. The lowest BCUT2D eigenvalue weighted by molar-refractivity contribution is -0.0992. The molecule has 0 radical (unpaired) electrons. The van der Waals surface area contributed by atoms with E-state index in [0.717, 1.165) is 5.56 Å². The second-order valence-electron chi connectivity index (χ2n) is 4.77. The third-order valence-electron chi connectivity index (χ3n) is 3.15. The second kappa shape index (κ2) is 8.55. The van der Waals surface area contributed by atoms with Crippen molar-refractivity contribution in [2.45, 2.75) is 38.3 Å². The van der Waals surface area contributed by atoms with Gasteiger partial charge >= 0.3 is 0 Å². The Morgan fingerprint density at radius 2 is 1.95 bits per heavy atom. The molecular weight excluding hydrogens is 277 g/mol. The predicted molar refractivity (Wildman–Crippen MR) is 79.7 cm³/mol. The summed E-state index contributed by atoms with van der Waals surface area (Å²) in [5.41, 5.74) is 6.80. The normalized spacial score (nSPS) is 17.4. The highest BCUT2D eigenvalue weighted by atomic mass is 31.2. The van der Waals surface area contributed by atoms with Gasteiger partial charge in [-0.2, -0.15) is 0 Å². The van der Waals surface area contributed by atoms with Crippen LogP contribution in [0.25, 0.3) is 0 Å². The Labute approximate surface area is 120 Å². The molecule has 0 fully saturated rings. The summed E-state index contributed by atoms with van der Waals surface area (Å²) in [5.74, 6) is -0.818. The summed E-state index contributed by atoms with van der Waals surface area (Å²) >= 11 is 0. The van der Waals surface area contributed by atoms with Crippen LogP contribution in [-0.2, 0) is 15.7 Å². The molecule has 0 amide bonds. The summed E-state index contributed by atoms with van der Waals surface area (Å²) < 4.78 is 17.1. The van der Waals surface area contributed by atoms with Crippen LogP contribution in [0.5, 0.6) is 0 Å². The van der Waals surface area contributed by atoms with Gasteiger partial charge in [0.2, 0.25) is 7.37 Å². The number of aliphatic hydroxyl groups excluding tert-OH is 1. The number of aryl methyl sites for hydroxylation is 1. The monoisotopic (exact) mass is 301 g/mol. The van der Waals surface area contributed by atoms with E-state index in [9.17, 15) is 14.6 Å². The molecule has 1 aromatic rings. The lowest BCUT2D eigenvalue weighted by Crippen LogP contribution is -2.25. The Morgan fingerprint density at radius 3 is 2.55 bits per heavy atom. The molecule has 5 nitrogen and oxygen atoms in total. The molecular formula is C14H24NO4P. The van der Waals surface area contributed by atoms with E-state index >= 15 is 0 Å². The van der Waals surface area contributed by atoms with Crippen LogP contribution in [-0.4, -0.2) is 34.8 Å². The summed E-state index contributed by atoms with van der Waals surface area (Å²) in [6, 6.07) is 9.55. The highest BCUT2D eigenvalue weighted by Gasteiger charge is 2.27. The van der Waals surface area contributed by atoms with Crippen molar-refractivity contribution < 1.29 is 19.3 Å². The third-order valence-corrected chi connectivity index (χ3v) is 5.31. The molecule has 0 spiro atoms. The largest absolute Gasteiger partial charge is 0.368 e. The first-order valence-corrected chi connectivity index (χ1v) is 8.77. The minimum Gasteiger partial charge on any atom is -0.368 e. The van der Waals surface area contributed by atoms with Gasteiger partial charge in [-0.25, -0.2) is 0 Å². The van der Waals surface area contributed by atoms with Crippen LogP contribution in [0.1, 0.15) is 25.3 Å².